The number of hydrazine groups is 1. The van der Waals surface area contributed by atoms with Crippen molar-refractivity contribution < 1.29 is 0 Å². The number of anilines is 2. The topological polar surface area (TPSA) is 27.3 Å². The summed E-state index contributed by atoms with van der Waals surface area (Å²) in [5.41, 5.74) is 6.50. The maximum atomic E-state index is 5.47. The van der Waals surface area contributed by atoms with E-state index in [1.807, 2.05) is 83.9 Å². The monoisotopic (exact) mass is 333 g/mol. The van der Waals surface area contributed by atoms with Crippen molar-refractivity contribution in [2.45, 2.75) is 6.54 Å². The van der Waals surface area contributed by atoms with Gasteiger partial charge in [-0.2, -0.15) is 0 Å². The van der Waals surface area contributed by atoms with E-state index in [0.29, 0.717) is 11.7 Å². The van der Waals surface area contributed by atoms with Crippen molar-refractivity contribution in [3.05, 3.63) is 96.6 Å². The van der Waals surface area contributed by atoms with Crippen molar-refractivity contribution >= 4 is 28.7 Å². The zero-order valence-electron chi connectivity index (χ0n) is 13.2. The Morgan fingerprint density at radius 3 is 1.67 bits per heavy atom. The SMILES string of the molecule is S=C(NCc1ccccc1)NN(c1ccccc1)c1ccccc1. The number of hydrogen-bond donors (Lipinski definition) is 2. The molecule has 0 amide bonds. The Balaban J connectivity index is 1.71. The van der Waals surface area contributed by atoms with Gasteiger partial charge in [-0.15, -0.1) is 0 Å². The number of benzene rings is 3. The van der Waals surface area contributed by atoms with Gasteiger partial charge in [0.25, 0.3) is 0 Å². The third-order valence-electron chi connectivity index (χ3n) is 3.54. The highest BCUT2D eigenvalue weighted by Crippen LogP contribution is 2.22. The lowest BCUT2D eigenvalue weighted by Crippen LogP contribution is -2.44. The van der Waals surface area contributed by atoms with Crippen LogP contribution in [0.2, 0.25) is 0 Å². The van der Waals surface area contributed by atoms with Crippen LogP contribution in [-0.2, 0) is 6.54 Å². The van der Waals surface area contributed by atoms with E-state index < -0.39 is 0 Å². The minimum Gasteiger partial charge on any atom is -0.357 e. The van der Waals surface area contributed by atoms with Gasteiger partial charge in [-0.05, 0) is 42.0 Å². The van der Waals surface area contributed by atoms with Gasteiger partial charge in [0.05, 0.1) is 11.4 Å². The summed E-state index contributed by atoms with van der Waals surface area (Å²) < 4.78 is 0. The Labute approximate surface area is 147 Å². The molecule has 0 aliphatic rings. The predicted octanol–water partition coefficient (Wildman–Crippen LogP) is 4.40. The molecule has 0 unspecified atom stereocenters. The zero-order chi connectivity index (χ0) is 16.6. The van der Waals surface area contributed by atoms with Crippen LogP contribution in [0.25, 0.3) is 0 Å². The molecule has 3 aromatic rings. The summed E-state index contributed by atoms with van der Waals surface area (Å²) in [7, 11) is 0. The quantitative estimate of drug-likeness (QED) is 0.534. The van der Waals surface area contributed by atoms with E-state index in [2.05, 4.69) is 22.9 Å². The summed E-state index contributed by atoms with van der Waals surface area (Å²) in [5.74, 6) is 0. The standard InChI is InChI=1S/C20H19N3S/c24-20(21-16-17-10-4-1-5-11-17)22-23(18-12-6-2-7-13-18)19-14-8-3-9-15-19/h1-15H,16H2,(H2,21,22,24). The number of thiocarbonyl (C=S) groups is 1. The first-order valence-corrected chi connectivity index (χ1v) is 8.22. The summed E-state index contributed by atoms with van der Waals surface area (Å²) >= 11 is 5.47. The molecule has 3 aromatic carbocycles. The van der Waals surface area contributed by atoms with Gasteiger partial charge >= 0.3 is 0 Å². The molecular weight excluding hydrogens is 314 g/mol. The fraction of sp³-hybridized carbons (Fsp3) is 0.0500. The molecule has 3 nitrogen and oxygen atoms in total. The van der Waals surface area contributed by atoms with Crippen LogP contribution in [0.1, 0.15) is 5.56 Å². The molecule has 0 heterocycles. The molecule has 24 heavy (non-hydrogen) atoms. The molecule has 0 saturated carbocycles. The van der Waals surface area contributed by atoms with Crippen LogP contribution < -0.4 is 15.8 Å². The highest BCUT2D eigenvalue weighted by molar-refractivity contribution is 7.80. The third-order valence-corrected chi connectivity index (χ3v) is 3.77. The van der Waals surface area contributed by atoms with E-state index in [-0.39, 0.29) is 0 Å². The number of nitrogens with zero attached hydrogens (tertiary/aromatic N) is 1. The van der Waals surface area contributed by atoms with Crippen molar-refractivity contribution in [3.63, 3.8) is 0 Å². The van der Waals surface area contributed by atoms with E-state index >= 15 is 0 Å². The molecule has 0 saturated heterocycles. The molecule has 0 bridgehead atoms. The molecule has 0 radical (unpaired) electrons. The zero-order valence-corrected chi connectivity index (χ0v) is 14.0. The van der Waals surface area contributed by atoms with Crippen LogP contribution in [0.3, 0.4) is 0 Å². The summed E-state index contributed by atoms with van der Waals surface area (Å²) in [4.78, 5) is 0. The van der Waals surface area contributed by atoms with E-state index in [0.717, 1.165) is 11.4 Å². The maximum Gasteiger partial charge on any atom is 0.185 e. The Morgan fingerprint density at radius 1 is 0.708 bits per heavy atom. The van der Waals surface area contributed by atoms with Crippen LogP contribution in [0.15, 0.2) is 91.0 Å². The molecule has 0 fully saturated rings. The lowest BCUT2D eigenvalue weighted by Gasteiger charge is -2.27. The molecule has 4 heteroatoms. The van der Waals surface area contributed by atoms with Gasteiger partial charge in [0, 0.05) is 6.54 Å². The van der Waals surface area contributed by atoms with Crippen molar-refractivity contribution in [1.29, 1.82) is 0 Å². The first kappa shape index (κ1) is 16.0. The van der Waals surface area contributed by atoms with Crippen LogP contribution in [0.5, 0.6) is 0 Å². The van der Waals surface area contributed by atoms with Gasteiger partial charge in [-0.25, -0.2) is 0 Å². The lowest BCUT2D eigenvalue weighted by atomic mass is 10.2. The summed E-state index contributed by atoms with van der Waals surface area (Å²) in [6.07, 6.45) is 0. The molecule has 0 aromatic heterocycles. The molecule has 3 rings (SSSR count). The van der Waals surface area contributed by atoms with Crippen molar-refractivity contribution in [3.8, 4) is 0 Å². The predicted molar refractivity (Wildman–Crippen MR) is 104 cm³/mol. The van der Waals surface area contributed by atoms with Crippen LogP contribution in [0.4, 0.5) is 11.4 Å². The van der Waals surface area contributed by atoms with Gasteiger partial charge in [-0.1, -0.05) is 66.7 Å². The van der Waals surface area contributed by atoms with Crippen LogP contribution in [-0.4, -0.2) is 5.11 Å². The van der Waals surface area contributed by atoms with E-state index in [1.165, 1.54) is 5.56 Å². The summed E-state index contributed by atoms with van der Waals surface area (Å²) in [6, 6.07) is 30.4. The fourth-order valence-electron chi connectivity index (χ4n) is 2.35. The average molecular weight is 333 g/mol. The molecule has 0 aliphatic carbocycles. The average Bonchev–Trinajstić information content (AvgIpc) is 2.67. The van der Waals surface area contributed by atoms with Crippen molar-refractivity contribution in [2.75, 3.05) is 5.01 Å². The second kappa shape index (κ2) is 8.13. The normalized spacial score (nSPS) is 10.0. The highest BCUT2D eigenvalue weighted by atomic mass is 32.1. The Hall–Kier alpha value is -2.85. The van der Waals surface area contributed by atoms with Crippen LogP contribution >= 0.6 is 12.2 Å². The minimum absolute atomic E-state index is 0.576. The second-order valence-corrected chi connectivity index (χ2v) is 5.69. The van der Waals surface area contributed by atoms with E-state index in [4.69, 9.17) is 12.2 Å². The van der Waals surface area contributed by atoms with Gasteiger partial charge < -0.3 is 5.32 Å². The highest BCUT2D eigenvalue weighted by Gasteiger charge is 2.10. The molecule has 0 atom stereocenters. The number of rotatable bonds is 5. The third kappa shape index (κ3) is 4.33. The molecule has 2 N–H and O–H groups in total. The van der Waals surface area contributed by atoms with E-state index in [9.17, 15) is 0 Å². The maximum absolute atomic E-state index is 5.47. The number of nitrogens with one attached hydrogen (secondary N) is 2. The van der Waals surface area contributed by atoms with Crippen LogP contribution in [0, 0.1) is 0 Å². The summed E-state index contributed by atoms with van der Waals surface area (Å²) in [5, 5.41) is 5.80. The first-order valence-electron chi connectivity index (χ1n) is 7.81. The van der Waals surface area contributed by atoms with Gasteiger partial charge in [0.1, 0.15) is 0 Å². The van der Waals surface area contributed by atoms with Gasteiger partial charge in [0.2, 0.25) is 0 Å². The summed E-state index contributed by atoms with van der Waals surface area (Å²) in [6.45, 7) is 0.685. The molecule has 0 spiro atoms. The lowest BCUT2D eigenvalue weighted by molar-refractivity contribution is 0.841. The van der Waals surface area contributed by atoms with Crippen molar-refractivity contribution in [1.82, 2.24) is 10.7 Å². The smallest absolute Gasteiger partial charge is 0.185 e. The largest absolute Gasteiger partial charge is 0.357 e. The number of para-hydroxylation sites is 2. The van der Waals surface area contributed by atoms with Gasteiger partial charge in [-0.3, -0.25) is 10.4 Å². The van der Waals surface area contributed by atoms with Gasteiger partial charge in [0.15, 0.2) is 5.11 Å². The Bertz CT molecular complexity index is 721. The first-order chi connectivity index (χ1) is 11.8. The number of hydrogen-bond acceptors (Lipinski definition) is 2. The van der Waals surface area contributed by atoms with E-state index in [1.54, 1.807) is 0 Å². The Morgan fingerprint density at radius 2 is 1.17 bits per heavy atom. The Kier molecular flexibility index (Phi) is 5.43. The second-order valence-electron chi connectivity index (χ2n) is 5.29. The fourth-order valence-corrected chi connectivity index (χ4v) is 2.52. The molecule has 0 aliphatic heterocycles. The minimum atomic E-state index is 0.576. The van der Waals surface area contributed by atoms with Crippen molar-refractivity contribution in [2.24, 2.45) is 0 Å². The molecular formula is C20H19N3S. The molecule has 120 valence electrons.